The van der Waals surface area contributed by atoms with Crippen molar-refractivity contribution in [3.63, 3.8) is 0 Å². The molecule has 0 spiro atoms. The minimum atomic E-state index is 0.144. The van der Waals surface area contributed by atoms with Gasteiger partial charge in [0.05, 0.1) is 18.9 Å². The Morgan fingerprint density at radius 1 is 1.22 bits per heavy atom. The third-order valence-corrected chi connectivity index (χ3v) is 6.99. The maximum Gasteiger partial charge on any atom is 0.192 e. The number of rotatable bonds is 2. The van der Waals surface area contributed by atoms with E-state index in [4.69, 9.17) is 14.7 Å². The van der Waals surface area contributed by atoms with E-state index in [9.17, 15) is 0 Å². The summed E-state index contributed by atoms with van der Waals surface area (Å²) in [5.41, 5.74) is 1.77. The van der Waals surface area contributed by atoms with Crippen molar-refractivity contribution in [2.45, 2.75) is 46.5 Å². The van der Waals surface area contributed by atoms with E-state index in [0.717, 1.165) is 60.9 Å². The molecule has 150 valence electrons. The van der Waals surface area contributed by atoms with Crippen LogP contribution in [0.1, 0.15) is 52.1 Å². The highest BCUT2D eigenvalue weighted by Crippen LogP contribution is 2.52. The van der Waals surface area contributed by atoms with Gasteiger partial charge in [0.15, 0.2) is 3.83 Å². The van der Waals surface area contributed by atoms with Crippen molar-refractivity contribution in [1.29, 1.82) is 0 Å². The number of ether oxygens (including phenoxy) is 1. The molecule has 0 bridgehead atoms. The molecule has 5 nitrogen and oxygen atoms in total. The maximum atomic E-state index is 5.82. The first-order valence-electron chi connectivity index (χ1n) is 10.3. The van der Waals surface area contributed by atoms with E-state index in [0.29, 0.717) is 11.3 Å². The van der Waals surface area contributed by atoms with Crippen LogP contribution in [0.4, 0.5) is 5.82 Å². The number of nitrogens with one attached hydrogen (secondary N) is 1. The second-order valence-corrected chi connectivity index (χ2v) is 11.3. The Morgan fingerprint density at radius 2 is 2.04 bits per heavy atom. The van der Waals surface area contributed by atoms with Gasteiger partial charge < -0.3 is 15.0 Å². The number of aromatic nitrogens is 2. The first-order chi connectivity index (χ1) is 12.7. The molecule has 3 heterocycles. The Labute approximate surface area is 177 Å². The van der Waals surface area contributed by atoms with Gasteiger partial charge >= 0.3 is 0 Å². The van der Waals surface area contributed by atoms with E-state index in [1.165, 1.54) is 18.5 Å². The summed E-state index contributed by atoms with van der Waals surface area (Å²) in [7, 11) is 0. The van der Waals surface area contributed by atoms with Crippen LogP contribution in [0, 0.1) is 26.5 Å². The lowest BCUT2D eigenvalue weighted by Crippen LogP contribution is -2.40. The molecule has 2 aliphatic heterocycles. The van der Waals surface area contributed by atoms with Crippen molar-refractivity contribution in [1.82, 2.24) is 15.3 Å². The third kappa shape index (κ3) is 4.42. The van der Waals surface area contributed by atoms with E-state index in [1.54, 1.807) is 0 Å². The molecule has 4 rings (SSSR count). The quantitative estimate of drug-likeness (QED) is 0.513. The molecule has 2 unspecified atom stereocenters. The lowest BCUT2D eigenvalue weighted by Gasteiger charge is -2.45. The van der Waals surface area contributed by atoms with Crippen LogP contribution in [0.2, 0.25) is 0 Å². The van der Waals surface area contributed by atoms with Crippen LogP contribution < -0.4 is 10.2 Å². The van der Waals surface area contributed by atoms with Crippen molar-refractivity contribution in [2.75, 3.05) is 44.3 Å². The fraction of sp³-hybridized carbons (Fsp3) is 0.810. The summed E-state index contributed by atoms with van der Waals surface area (Å²) in [5.74, 6) is 3.22. The Morgan fingerprint density at radius 3 is 2.85 bits per heavy atom. The van der Waals surface area contributed by atoms with Gasteiger partial charge in [-0.3, -0.25) is 0 Å². The molecule has 6 heteroatoms. The first-order valence-corrected chi connectivity index (χ1v) is 11.4. The number of fused-ring (bicyclic) bond motifs is 1. The van der Waals surface area contributed by atoms with Gasteiger partial charge in [-0.25, -0.2) is 9.97 Å². The average Bonchev–Trinajstić information content (AvgIpc) is 2.81. The fourth-order valence-corrected chi connectivity index (χ4v) is 5.66. The molecule has 3 fully saturated rings. The van der Waals surface area contributed by atoms with E-state index in [2.05, 4.69) is 66.6 Å². The summed E-state index contributed by atoms with van der Waals surface area (Å²) in [4.78, 5) is 12.1. The van der Waals surface area contributed by atoms with Crippen LogP contribution in [-0.4, -0.2) is 49.4 Å². The van der Waals surface area contributed by atoms with Gasteiger partial charge in [0.2, 0.25) is 0 Å². The van der Waals surface area contributed by atoms with Gasteiger partial charge in [-0.15, -0.1) is 0 Å². The van der Waals surface area contributed by atoms with Crippen LogP contribution >= 0.6 is 22.6 Å². The SMILES string of the molecule is CC1(C)CNCC2CC(c3cc(N4CCOCC(C)(C)C4)nc(I)n3)[C@H]2C1. The standard InChI is InChI=1S/C21H33IN4O/c1-20(2)9-16-14(10-23-11-20)7-15(16)17-8-18(25-19(22)24-17)26-5-6-27-13-21(3,4)12-26/h8,14-16,23H,5-7,9-13H2,1-4H3/t14?,15?,16-/m0/s1. The number of hydrogen-bond acceptors (Lipinski definition) is 5. The Hall–Kier alpha value is -0.470. The Kier molecular flexibility index (Phi) is 5.44. The lowest BCUT2D eigenvalue weighted by molar-refractivity contribution is 0.0893. The summed E-state index contributed by atoms with van der Waals surface area (Å²) >= 11 is 2.29. The van der Waals surface area contributed by atoms with E-state index in [-0.39, 0.29) is 5.41 Å². The molecule has 0 radical (unpaired) electrons. The van der Waals surface area contributed by atoms with Gasteiger partial charge in [0, 0.05) is 59.6 Å². The number of anilines is 1. The fourth-order valence-electron chi connectivity index (χ4n) is 5.13. The second-order valence-electron chi connectivity index (χ2n) is 10.3. The summed E-state index contributed by atoms with van der Waals surface area (Å²) in [6, 6.07) is 2.27. The van der Waals surface area contributed by atoms with Crippen LogP contribution in [0.25, 0.3) is 0 Å². The molecule has 1 saturated carbocycles. The van der Waals surface area contributed by atoms with Gasteiger partial charge in [0.1, 0.15) is 5.82 Å². The molecule has 0 aromatic carbocycles. The summed E-state index contributed by atoms with van der Waals surface area (Å²) < 4.78 is 6.69. The maximum absolute atomic E-state index is 5.82. The predicted molar refractivity (Wildman–Crippen MR) is 117 cm³/mol. The summed E-state index contributed by atoms with van der Waals surface area (Å²) in [5, 5.41) is 3.68. The van der Waals surface area contributed by atoms with Crippen molar-refractivity contribution < 1.29 is 4.74 Å². The molecule has 27 heavy (non-hydrogen) atoms. The van der Waals surface area contributed by atoms with Crippen molar-refractivity contribution >= 4 is 28.4 Å². The molecular weight excluding hydrogens is 451 g/mol. The Balaban J connectivity index is 1.58. The topological polar surface area (TPSA) is 50.3 Å². The van der Waals surface area contributed by atoms with Crippen LogP contribution in [-0.2, 0) is 4.74 Å². The molecule has 1 N–H and O–H groups in total. The highest BCUT2D eigenvalue weighted by atomic mass is 127. The zero-order chi connectivity index (χ0) is 19.2. The molecule has 3 atom stereocenters. The zero-order valence-corrected chi connectivity index (χ0v) is 19.3. The van der Waals surface area contributed by atoms with Crippen molar-refractivity contribution in [2.24, 2.45) is 22.7 Å². The lowest BCUT2D eigenvalue weighted by atomic mass is 9.59. The number of halogens is 1. The minimum Gasteiger partial charge on any atom is -0.379 e. The molecule has 3 aliphatic rings. The van der Waals surface area contributed by atoms with Crippen LogP contribution in [0.5, 0.6) is 0 Å². The van der Waals surface area contributed by atoms with Crippen molar-refractivity contribution in [3.8, 4) is 0 Å². The molecular formula is C21H33IN4O. The predicted octanol–water partition coefficient (Wildman–Crippen LogP) is 3.68. The highest BCUT2D eigenvalue weighted by molar-refractivity contribution is 14.1. The van der Waals surface area contributed by atoms with E-state index >= 15 is 0 Å². The van der Waals surface area contributed by atoms with E-state index < -0.39 is 0 Å². The molecule has 0 amide bonds. The summed E-state index contributed by atoms with van der Waals surface area (Å²) in [6.45, 7) is 15.1. The van der Waals surface area contributed by atoms with Gasteiger partial charge in [-0.1, -0.05) is 27.7 Å². The van der Waals surface area contributed by atoms with Gasteiger partial charge in [-0.05, 0) is 36.6 Å². The van der Waals surface area contributed by atoms with Crippen molar-refractivity contribution in [3.05, 3.63) is 15.6 Å². The van der Waals surface area contributed by atoms with Crippen LogP contribution in [0.3, 0.4) is 0 Å². The third-order valence-electron chi connectivity index (χ3n) is 6.50. The monoisotopic (exact) mass is 484 g/mol. The minimum absolute atomic E-state index is 0.144. The normalized spacial score (nSPS) is 32.8. The van der Waals surface area contributed by atoms with Crippen LogP contribution in [0.15, 0.2) is 6.07 Å². The number of nitrogens with zero attached hydrogens (tertiary/aromatic N) is 3. The highest BCUT2D eigenvalue weighted by Gasteiger charge is 2.46. The first kappa shape index (κ1) is 19.8. The summed E-state index contributed by atoms with van der Waals surface area (Å²) in [6.07, 6.45) is 2.55. The van der Waals surface area contributed by atoms with E-state index in [1.807, 2.05) is 0 Å². The van der Waals surface area contributed by atoms with Gasteiger partial charge in [0.25, 0.3) is 0 Å². The Bertz CT molecular complexity index is 693. The molecule has 2 saturated heterocycles. The molecule has 1 aromatic heterocycles. The second kappa shape index (κ2) is 7.41. The smallest absolute Gasteiger partial charge is 0.192 e. The zero-order valence-electron chi connectivity index (χ0n) is 17.1. The largest absolute Gasteiger partial charge is 0.379 e. The molecule has 1 aliphatic carbocycles. The average molecular weight is 484 g/mol. The molecule has 1 aromatic rings. The number of hydrogen-bond donors (Lipinski definition) is 1. The van der Waals surface area contributed by atoms with Gasteiger partial charge in [-0.2, -0.15) is 0 Å².